The number of ether oxygens (including phenoxy) is 1. The minimum Gasteiger partial charge on any atom is -0.494 e. The number of hydrogen-bond acceptors (Lipinski definition) is 8. The first-order valence-electron chi connectivity index (χ1n) is 10.4. The van der Waals surface area contributed by atoms with Gasteiger partial charge in [0.2, 0.25) is 5.95 Å². The smallest absolute Gasteiger partial charge is 0.231 e. The SMILES string of the molecule is CNc1nc(Nc2ccc(-n3cnc(C)c3)c(OC)c2)nc2c1nnn2Cc1ccccc1. The first kappa shape index (κ1) is 20.4. The van der Waals surface area contributed by atoms with Gasteiger partial charge in [0.1, 0.15) is 5.75 Å². The maximum Gasteiger partial charge on any atom is 0.231 e. The van der Waals surface area contributed by atoms with Crippen LogP contribution in [-0.4, -0.2) is 48.7 Å². The first-order chi connectivity index (χ1) is 16.1. The maximum atomic E-state index is 5.61. The van der Waals surface area contributed by atoms with Gasteiger partial charge in [-0.05, 0) is 24.6 Å². The van der Waals surface area contributed by atoms with E-state index in [1.54, 1.807) is 25.2 Å². The summed E-state index contributed by atoms with van der Waals surface area (Å²) in [4.78, 5) is 13.6. The summed E-state index contributed by atoms with van der Waals surface area (Å²) < 4.78 is 9.30. The largest absolute Gasteiger partial charge is 0.494 e. The van der Waals surface area contributed by atoms with E-state index < -0.39 is 0 Å². The molecular formula is C23H23N9O. The van der Waals surface area contributed by atoms with Crippen LogP contribution in [0.3, 0.4) is 0 Å². The highest BCUT2D eigenvalue weighted by molar-refractivity contribution is 5.84. The van der Waals surface area contributed by atoms with Crippen molar-refractivity contribution in [1.82, 2.24) is 34.5 Å². The van der Waals surface area contributed by atoms with Crippen molar-refractivity contribution >= 4 is 28.6 Å². The lowest BCUT2D eigenvalue weighted by molar-refractivity contribution is 0.413. The van der Waals surface area contributed by atoms with Crippen LogP contribution in [0.4, 0.5) is 17.5 Å². The van der Waals surface area contributed by atoms with Gasteiger partial charge in [0.25, 0.3) is 0 Å². The summed E-state index contributed by atoms with van der Waals surface area (Å²) in [6.07, 6.45) is 3.71. The Hall–Kier alpha value is -4.47. The molecule has 0 aliphatic rings. The summed E-state index contributed by atoms with van der Waals surface area (Å²) in [7, 11) is 3.44. The van der Waals surface area contributed by atoms with Crippen molar-refractivity contribution in [3.05, 3.63) is 72.3 Å². The van der Waals surface area contributed by atoms with E-state index in [0.717, 1.165) is 22.6 Å². The third kappa shape index (κ3) is 4.05. The third-order valence-corrected chi connectivity index (χ3v) is 5.20. The van der Waals surface area contributed by atoms with Crippen molar-refractivity contribution in [1.29, 1.82) is 0 Å². The Morgan fingerprint density at radius 3 is 2.64 bits per heavy atom. The molecule has 0 aliphatic carbocycles. The number of aryl methyl sites for hydroxylation is 1. The van der Waals surface area contributed by atoms with Crippen LogP contribution < -0.4 is 15.4 Å². The molecule has 0 radical (unpaired) electrons. The van der Waals surface area contributed by atoms with Gasteiger partial charge < -0.3 is 19.9 Å². The van der Waals surface area contributed by atoms with Crippen molar-refractivity contribution < 1.29 is 4.74 Å². The number of rotatable bonds is 7. The average Bonchev–Trinajstić information content (AvgIpc) is 3.45. The predicted molar refractivity (Wildman–Crippen MR) is 126 cm³/mol. The number of imidazole rings is 1. The van der Waals surface area contributed by atoms with Crippen LogP contribution in [0.25, 0.3) is 16.9 Å². The Balaban J connectivity index is 1.49. The maximum absolute atomic E-state index is 5.61. The molecule has 0 saturated heterocycles. The average molecular weight is 441 g/mol. The minimum atomic E-state index is 0.428. The number of nitrogens with zero attached hydrogens (tertiary/aromatic N) is 7. The normalized spacial score (nSPS) is 11.0. The Kier molecular flexibility index (Phi) is 5.31. The second kappa shape index (κ2) is 8.58. The molecule has 0 amide bonds. The number of methoxy groups -OCH3 is 1. The standard InChI is InChI=1S/C23H23N9O/c1-15-12-31(14-25-15)18-10-9-17(11-19(18)33-3)26-23-27-21(24-2)20-22(28-23)32(30-29-20)13-16-7-5-4-6-8-16/h4-12,14H,13H2,1-3H3,(H2,24,26,27,28). The van der Waals surface area contributed by atoms with Crippen LogP contribution >= 0.6 is 0 Å². The van der Waals surface area contributed by atoms with Crippen LogP contribution in [0, 0.1) is 6.92 Å². The fourth-order valence-corrected chi connectivity index (χ4v) is 3.60. The first-order valence-corrected chi connectivity index (χ1v) is 10.4. The number of fused-ring (bicyclic) bond motifs is 1. The van der Waals surface area contributed by atoms with E-state index >= 15 is 0 Å². The lowest BCUT2D eigenvalue weighted by atomic mass is 10.2. The molecule has 33 heavy (non-hydrogen) atoms. The molecular weight excluding hydrogens is 418 g/mol. The third-order valence-electron chi connectivity index (χ3n) is 5.20. The van der Waals surface area contributed by atoms with Crippen LogP contribution in [-0.2, 0) is 6.54 Å². The molecule has 10 heteroatoms. The Bertz CT molecular complexity index is 1410. The van der Waals surface area contributed by atoms with Gasteiger partial charge in [-0.1, -0.05) is 35.5 Å². The molecule has 3 heterocycles. The van der Waals surface area contributed by atoms with E-state index in [-0.39, 0.29) is 0 Å². The fraction of sp³-hybridized carbons (Fsp3) is 0.174. The van der Waals surface area contributed by atoms with Crippen LogP contribution in [0.5, 0.6) is 5.75 Å². The van der Waals surface area contributed by atoms with Crippen molar-refractivity contribution in [2.75, 3.05) is 24.8 Å². The second-order valence-corrected chi connectivity index (χ2v) is 7.48. The van der Waals surface area contributed by atoms with Crippen LogP contribution in [0.15, 0.2) is 61.1 Å². The quantitative estimate of drug-likeness (QED) is 0.395. The summed E-state index contributed by atoms with van der Waals surface area (Å²) >= 11 is 0. The van der Waals surface area contributed by atoms with Gasteiger partial charge in [0, 0.05) is 25.0 Å². The van der Waals surface area contributed by atoms with E-state index in [2.05, 4.69) is 30.9 Å². The molecule has 0 spiro atoms. The number of benzene rings is 2. The van der Waals surface area contributed by atoms with Crippen molar-refractivity contribution in [3.8, 4) is 11.4 Å². The molecule has 0 bridgehead atoms. The zero-order valence-electron chi connectivity index (χ0n) is 18.5. The van der Waals surface area contributed by atoms with Crippen LogP contribution in [0.1, 0.15) is 11.3 Å². The molecule has 166 valence electrons. The van der Waals surface area contributed by atoms with E-state index in [9.17, 15) is 0 Å². The lowest BCUT2D eigenvalue weighted by Crippen LogP contribution is -2.06. The summed E-state index contributed by atoms with van der Waals surface area (Å²) in [5.41, 5.74) is 4.97. The molecule has 2 aromatic carbocycles. The monoisotopic (exact) mass is 441 g/mol. The lowest BCUT2D eigenvalue weighted by Gasteiger charge is -2.12. The zero-order valence-corrected chi connectivity index (χ0v) is 18.5. The highest BCUT2D eigenvalue weighted by Gasteiger charge is 2.15. The fourth-order valence-electron chi connectivity index (χ4n) is 3.60. The molecule has 0 unspecified atom stereocenters. The second-order valence-electron chi connectivity index (χ2n) is 7.48. The van der Waals surface area contributed by atoms with Gasteiger partial charge in [-0.3, -0.25) is 0 Å². The highest BCUT2D eigenvalue weighted by Crippen LogP contribution is 2.29. The number of nitrogens with one attached hydrogen (secondary N) is 2. The summed E-state index contributed by atoms with van der Waals surface area (Å²) in [6.45, 7) is 2.51. The Morgan fingerprint density at radius 2 is 1.91 bits per heavy atom. The molecule has 0 saturated carbocycles. The molecule has 10 nitrogen and oxygen atoms in total. The zero-order chi connectivity index (χ0) is 22.8. The minimum absolute atomic E-state index is 0.428. The van der Waals surface area contributed by atoms with E-state index in [1.807, 2.05) is 66.2 Å². The van der Waals surface area contributed by atoms with E-state index in [0.29, 0.717) is 35.2 Å². The molecule has 0 atom stereocenters. The summed E-state index contributed by atoms with van der Waals surface area (Å²) in [6, 6.07) is 15.9. The topological polar surface area (TPSA) is 108 Å². The van der Waals surface area contributed by atoms with Gasteiger partial charge >= 0.3 is 0 Å². The molecule has 2 N–H and O–H groups in total. The molecule has 3 aromatic heterocycles. The number of hydrogen-bond donors (Lipinski definition) is 2. The van der Waals surface area contributed by atoms with Crippen molar-refractivity contribution in [3.63, 3.8) is 0 Å². The van der Waals surface area contributed by atoms with Gasteiger partial charge in [-0.2, -0.15) is 9.97 Å². The van der Waals surface area contributed by atoms with Gasteiger partial charge in [0.05, 0.1) is 31.4 Å². The van der Waals surface area contributed by atoms with Gasteiger partial charge in [-0.25, -0.2) is 9.67 Å². The Labute approximate surface area is 190 Å². The summed E-state index contributed by atoms with van der Waals surface area (Å²) in [5, 5.41) is 14.9. The predicted octanol–water partition coefficient (Wildman–Crippen LogP) is 3.56. The molecule has 0 fully saturated rings. The van der Waals surface area contributed by atoms with Crippen LogP contribution in [0.2, 0.25) is 0 Å². The number of anilines is 3. The molecule has 5 aromatic rings. The summed E-state index contributed by atoms with van der Waals surface area (Å²) in [5.74, 6) is 1.72. The van der Waals surface area contributed by atoms with Gasteiger partial charge in [0.15, 0.2) is 17.0 Å². The van der Waals surface area contributed by atoms with Gasteiger partial charge in [-0.15, -0.1) is 5.10 Å². The van der Waals surface area contributed by atoms with E-state index in [1.165, 1.54) is 0 Å². The van der Waals surface area contributed by atoms with Crippen molar-refractivity contribution in [2.24, 2.45) is 0 Å². The van der Waals surface area contributed by atoms with E-state index in [4.69, 9.17) is 9.72 Å². The molecule has 0 aliphatic heterocycles. The highest BCUT2D eigenvalue weighted by atomic mass is 16.5. The van der Waals surface area contributed by atoms with Crippen molar-refractivity contribution in [2.45, 2.75) is 13.5 Å². The Morgan fingerprint density at radius 1 is 1.06 bits per heavy atom. The number of aromatic nitrogens is 7. The molecule has 5 rings (SSSR count).